The zero-order valence-corrected chi connectivity index (χ0v) is 14.9. The van der Waals surface area contributed by atoms with Crippen LogP contribution in [0, 0.1) is 5.82 Å². The van der Waals surface area contributed by atoms with E-state index in [2.05, 4.69) is 5.32 Å². The average Bonchev–Trinajstić information content (AvgIpc) is 2.64. The van der Waals surface area contributed by atoms with Gasteiger partial charge < -0.3 is 14.8 Å². The number of nitrogens with one attached hydrogen (secondary N) is 1. The number of carbonyl (C=O) groups is 2. The highest BCUT2D eigenvalue weighted by molar-refractivity contribution is 5.98. The molecule has 2 aromatic carbocycles. The fraction of sp³-hybridized carbons (Fsp3) is 0.263. The van der Waals surface area contributed by atoms with Crippen LogP contribution in [0.25, 0.3) is 0 Å². The first-order valence-corrected chi connectivity index (χ1v) is 7.96. The average molecular weight is 360 g/mol. The smallest absolute Gasteiger partial charge is 0.240 e. The first kappa shape index (κ1) is 19.2. The Morgan fingerprint density at radius 2 is 1.85 bits per heavy atom. The molecule has 7 heteroatoms. The molecule has 0 saturated carbocycles. The molecular weight excluding hydrogens is 339 g/mol. The van der Waals surface area contributed by atoms with Gasteiger partial charge in [0.15, 0.2) is 0 Å². The van der Waals surface area contributed by atoms with Gasteiger partial charge >= 0.3 is 0 Å². The second-order valence-electron chi connectivity index (χ2n) is 5.51. The third-order valence-electron chi connectivity index (χ3n) is 3.79. The molecule has 0 aliphatic carbocycles. The maximum Gasteiger partial charge on any atom is 0.240 e. The Morgan fingerprint density at radius 1 is 1.12 bits per heavy atom. The highest BCUT2D eigenvalue weighted by Crippen LogP contribution is 2.32. The second-order valence-corrected chi connectivity index (χ2v) is 5.51. The van der Waals surface area contributed by atoms with E-state index in [0.717, 1.165) is 0 Å². The molecule has 2 amide bonds. The van der Waals surface area contributed by atoms with Gasteiger partial charge in [-0.25, -0.2) is 4.39 Å². The minimum absolute atomic E-state index is 0.0342. The van der Waals surface area contributed by atoms with Crippen LogP contribution in [-0.2, 0) is 16.1 Å². The van der Waals surface area contributed by atoms with Gasteiger partial charge in [0, 0.05) is 25.1 Å². The molecule has 0 aliphatic rings. The van der Waals surface area contributed by atoms with Crippen LogP contribution in [0.5, 0.6) is 11.5 Å². The summed E-state index contributed by atoms with van der Waals surface area (Å²) < 4.78 is 24.1. The van der Waals surface area contributed by atoms with Crippen LogP contribution in [-0.4, -0.2) is 32.6 Å². The normalized spacial score (nSPS) is 10.2. The van der Waals surface area contributed by atoms with Gasteiger partial charge in [0.2, 0.25) is 11.8 Å². The number of anilines is 1. The summed E-state index contributed by atoms with van der Waals surface area (Å²) in [7, 11) is 2.98. The van der Waals surface area contributed by atoms with Crippen LogP contribution in [0.15, 0.2) is 42.5 Å². The number of hydrogen-bond acceptors (Lipinski definition) is 4. The molecular formula is C19H21FN2O4. The molecule has 6 nitrogen and oxygen atoms in total. The summed E-state index contributed by atoms with van der Waals surface area (Å²) in [5.41, 5.74) is 0.787. The Labute approximate surface area is 151 Å². The molecule has 0 aliphatic heterocycles. The number of rotatable bonds is 7. The molecule has 138 valence electrons. The van der Waals surface area contributed by atoms with Gasteiger partial charge in [-0.05, 0) is 18.2 Å². The fourth-order valence-corrected chi connectivity index (χ4v) is 2.41. The van der Waals surface area contributed by atoms with Crippen molar-refractivity contribution in [2.24, 2.45) is 0 Å². The Hall–Kier alpha value is -3.09. The Balaban J connectivity index is 2.14. The van der Waals surface area contributed by atoms with E-state index in [1.54, 1.807) is 36.4 Å². The summed E-state index contributed by atoms with van der Waals surface area (Å²) >= 11 is 0. The van der Waals surface area contributed by atoms with Crippen LogP contribution in [0.1, 0.15) is 12.5 Å². The number of halogens is 1. The number of ether oxygens (including phenoxy) is 2. The van der Waals surface area contributed by atoms with Crippen LogP contribution < -0.4 is 19.7 Å². The lowest BCUT2D eigenvalue weighted by molar-refractivity contribution is -0.123. The summed E-state index contributed by atoms with van der Waals surface area (Å²) in [5.74, 6) is -0.196. The van der Waals surface area contributed by atoms with Crippen molar-refractivity contribution in [3.63, 3.8) is 0 Å². The quantitative estimate of drug-likeness (QED) is 0.824. The Morgan fingerprint density at radius 3 is 2.46 bits per heavy atom. The molecule has 2 aromatic rings. The summed E-state index contributed by atoms with van der Waals surface area (Å²) in [4.78, 5) is 25.6. The molecule has 0 unspecified atom stereocenters. The van der Waals surface area contributed by atoms with E-state index in [1.165, 1.54) is 32.1 Å². The number of nitrogens with zero attached hydrogens (tertiary/aromatic N) is 1. The van der Waals surface area contributed by atoms with Crippen LogP contribution in [0.3, 0.4) is 0 Å². The number of hydrogen-bond donors (Lipinski definition) is 1. The molecule has 26 heavy (non-hydrogen) atoms. The van der Waals surface area contributed by atoms with E-state index >= 15 is 0 Å². The lowest BCUT2D eigenvalue weighted by atomic mass is 10.2. The van der Waals surface area contributed by atoms with Gasteiger partial charge in [0.25, 0.3) is 0 Å². The number of amides is 2. The third kappa shape index (κ3) is 4.72. The van der Waals surface area contributed by atoms with Gasteiger partial charge in [0.05, 0.1) is 19.9 Å². The lowest BCUT2D eigenvalue weighted by Gasteiger charge is -2.23. The zero-order valence-electron chi connectivity index (χ0n) is 14.9. The van der Waals surface area contributed by atoms with Crippen molar-refractivity contribution < 1.29 is 23.5 Å². The fourth-order valence-electron chi connectivity index (χ4n) is 2.41. The second kappa shape index (κ2) is 8.84. The molecule has 2 rings (SSSR count). The summed E-state index contributed by atoms with van der Waals surface area (Å²) in [6.07, 6.45) is 0. The Bertz CT molecular complexity index is 795. The minimum atomic E-state index is -0.423. The van der Waals surface area contributed by atoms with Gasteiger partial charge in [-0.3, -0.25) is 14.5 Å². The van der Waals surface area contributed by atoms with Crippen molar-refractivity contribution in [1.82, 2.24) is 5.32 Å². The predicted molar refractivity (Wildman–Crippen MR) is 95.8 cm³/mol. The van der Waals surface area contributed by atoms with E-state index in [1.807, 2.05) is 0 Å². The standard InChI is InChI=1S/C19H21FN2O4/c1-13(23)22(17-10-15(25-2)8-9-18(17)26-3)12-19(24)21-11-14-6-4-5-7-16(14)20/h4-10H,11-12H2,1-3H3,(H,21,24). The first-order chi connectivity index (χ1) is 12.5. The molecule has 0 fully saturated rings. The maximum absolute atomic E-state index is 13.6. The highest BCUT2D eigenvalue weighted by atomic mass is 19.1. The maximum atomic E-state index is 13.6. The van der Waals surface area contributed by atoms with Crippen molar-refractivity contribution in [2.75, 3.05) is 25.7 Å². The molecule has 0 aromatic heterocycles. The summed E-state index contributed by atoms with van der Waals surface area (Å²) in [6.45, 7) is 1.16. The Kier molecular flexibility index (Phi) is 6.54. The van der Waals surface area contributed by atoms with Crippen molar-refractivity contribution >= 4 is 17.5 Å². The number of benzene rings is 2. The van der Waals surface area contributed by atoms with E-state index < -0.39 is 11.7 Å². The molecule has 1 N–H and O–H groups in total. The van der Waals surface area contributed by atoms with Crippen LogP contribution >= 0.6 is 0 Å². The molecule has 0 atom stereocenters. The van der Waals surface area contributed by atoms with Crippen molar-refractivity contribution in [3.8, 4) is 11.5 Å². The monoisotopic (exact) mass is 360 g/mol. The van der Waals surface area contributed by atoms with Gasteiger partial charge in [-0.1, -0.05) is 18.2 Å². The topological polar surface area (TPSA) is 67.9 Å². The van der Waals surface area contributed by atoms with E-state index in [0.29, 0.717) is 22.7 Å². The molecule has 0 saturated heterocycles. The summed E-state index contributed by atoms with van der Waals surface area (Å²) in [5, 5.41) is 2.62. The van der Waals surface area contributed by atoms with Crippen molar-refractivity contribution in [1.29, 1.82) is 0 Å². The van der Waals surface area contributed by atoms with E-state index in [-0.39, 0.29) is 19.0 Å². The summed E-state index contributed by atoms with van der Waals surface area (Å²) in [6, 6.07) is 11.1. The predicted octanol–water partition coefficient (Wildman–Crippen LogP) is 2.51. The molecule has 0 heterocycles. The van der Waals surface area contributed by atoms with Gasteiger partial charge in [-0.15, -0.1) is 0 Å². The van der Waals surface area contributed by atoms with Crippen molar-refractivity contribution in [3.05, 3.63) is 53.8 Å². The van der Waals surface area contributed by atoms with Gasteiger partial charge in [-0.2, -0.15) is 0 Å². The van der Waals surface area contributed by atoms with E-state index in [4.69, 9.17) is 9.47 Å². The van der Waals surface area contributed by atoms with Crippen molar-refractivity contribution in [2.45, 2.75) is 13.5 Å². The number of methoxy groups -OCH3 is 2. The molecule has 0 spiro atoms. The molecule has 0 radical (unpaired) electrons. The largest absolute Gasteiger partial charge is 0.497 e. The minimum Gasteiger partial charge on any atom is -0.497 e. The first-order valence-electron chi connectivity index (χ1n) is 7.96. The third-order valence-corrected chi connectivity index (χ3v) is 3.79. The van der Waals surface area contributed by atoms with Crippen LogP contribution in [0.2, 0.25) is 0 Å². The molecule has 0 bridgehead atoms. The zero-order chi connectivity index (χ0) is 19.1. The highest BCUT2D eigenvalue weighted by Gasteiger charge is 2.20. The van der Waals surface area contributed by atoms with Crippen LogP contribution in [0.4, 0.5) is 10.1 Å². The van der Waals surface area contributed by atoms with E-state index in [9.17, 15) is 14.0 Å². The lowest BCUT2D eigenvalue weighted by Crippen LogP contribution is -2.39. The van der Waals surface area contributed by atoms with Gasteiger partial charge in [0.1, 0.15) is 23.9 Å². The number of carbonyl (C=O) groups excluding carboxylic acids is 2. The SMILES string of the molecule is COc1ccc(OC)c(N(CC(=O)NCc2ccccc2F)C(C)=O)c1.